The van der Waals surface area contributed by atoms with Gasteiger partial charge in [0.1, 0.15) is 6.17 Å². The molecule has 0 bridgehead atoms. The molecule has 1 atom stereocenters. The molecule has 88 valence electrons. The van der Waals surface area contributed by atoms with Crippen LogP contribution in [0.3, 0.4) is 0 Å². The van der Waals surface area contributed by atoms with Crippen LogP contribution in [-0.4, -0.2) is 55.6 Å². The zero-order valence-corrected chi connectivity index (χ0v) is 9.33. The number of morpholine rings is 1. The molecule has 1 unspecified atom stereocenters. The van der Waals surface area contributed by atoms with Crippen molar-refractivity contribution < 1.29 is 9.84 Å². The van der Waals surface area contributed by atoms with E-state index in [1.807, 2.05) is 6.92 Å². The zero-order valence-electron chi connectivity index (χ0n) is 9.33. The SMILES string of the molecule is C=C(NCC)NC(CO)N1CCOCC1. The van der Waals surface area contributed by atoms with Crippen LogP contribution in [0.5, 0.6) is 0 Å². The fourth-order valence-corrected chi connectivity index (χ4v) is 1.61. The Hall–Kier alpha value is -0.780. The third-order valence-electron chi connectivity index (χ3n) is 2.39. The first-order valence-corrected chi connectivity index (χ1v) is 5.40. The molecule has 1 aliphatic heterocycles. The van der Waals surface area contributed by atoms with Crippen molar-refractivity contribution in [1.29, 1.82) is 0 Å². The standard InChI is InChI=1S/C10H21N3O2/c1-3-11-9(2)12-10(8-14)13-4-6-15-7-5-13/h10-12,14H,2-8H2,1H3. The summed E-state index contributed by atoms with van der Waals surface area (Å²) in [5, 5.41) is 15.5. The second kappa shape index (κ2) is 6.66. The van der Waals surface area contributed by atoms with Gasteiger partial charge in [-0.15, -0.1) is 0 Å². The second-order valence-corrected chi connectivity index (χ2v) is 3.50. The van der Waals surface area contributed by atoms with Crippen LogP contribution in [0.15, 0.2) is 12.4 Å². The van der Waals surface area contributed by atoms with Crippen LogP contribution in [0, 0.1) is 0 Å². The Balaban J connectivity index is 2.36. The molecule has 0 spiro atoms. The fraction of sp³-hybridized carbons (Fsp3) is 0.800. The fourth-order valence-electron chi connectivity index (χ4n) is 1.61. The quantitative estimate of drug-likeness (QED) is 0.547. The molecule has 0 amide bonds. The van der Waals surface area contributed by atoms with E-state index in [4.69, 9.17) is 4.74 Å². The van der Waals surface area contributed by atoms with E-state index in [0.717, 1.165) is 38.7 Å². The predicted molar refractivity (Wildman–Crippen MR) is 59.2 cm³/mol. The van der Waals surface area contributed by atoms with Gasteiger partial charge in [-0.25, -0.2) is 0 Å². The van der Waals surface area contributed by atoms with Crippen LogP contribution in [-0.2, 0) is 4.74 Å². The Bertz CT molecular complexity index is 193. The normalized spacial score (nSPS) is 19.6. The lowest BCUT2D eigenvalue weighted by atomic mass is 10.3. The molecular formula is C10H21N3O2. The van der Waals surface area contributed by atoms with Crippen molar-refractivity contribution in [1.82, 2.24) is 15.5 Å². The molecule has 15 heavy (non-hydrogen) atoms. The van der Waals surface area contributed by atoms with Crippen molar-refractivity contribution in [3.8, 4) is 0 Å². The molecule has 0 aliphatic carbocycles. The maximum Gasteiger partial charge on any atom is 0.104 e. The summed E-state index contributed by atoms with van der Waals surface area (Å²) in [4.78, 5) is 2.16. The van der Waals surface area contributed by atoms with Gasteiger partial charge >= 0.3 is 0 Å². The van der Waals surface area contributed by atoms with Gasteiger partial charge in [-0.05, 0) is 6.92 Å². The summed E-state index contributed by atoms with van der Waals surface area (Å²) >= 11 is 0. The van der Waals surface area contributed by atoms with Gasteiger partial charge in [0.2, 0.25) is 0 Å². The molecule has 0 aromatic rings. The van der Waals surface area contributed by atoms with Crippen LogP contribution in [0.2, 0.25) is 0 Å². The summed E-state index contributed by atoms with van der Waals surface area (Å²) < 4.78 is 5.26. The van der Waals surface area contributed by atoms with E-state index in [-0.39, 0.29) is 12.8 Å². The lowest BCUT2D eigenvalue weighted by molar-refractivity contribution is -0.00366. The van der Waals surface area contributed by atoms with E-state index in [9.17, 15) is 5.11 Å². The van der Waals surface area contributed by atoms with Gasteiger partial charge in [-0.2, -0.15) is 0 Å². The third kappa shape index (κ3) is 4.07. The van der Waals surface area contributed by atoms with Crippen molar-refractivity contribution in [3.05, 3.63) is 12.4 Å². The van der Waals surface area contributed by atoms with Gasteiger partial charge < -0.3 is 20.5 Å². The maximum atomic E-state index is 9.28. The largest absolute Gasteiger partial charge is 0.393 e. The Kier molecular flexibility index (Phi) is 5.45. The molecule has 5 heteroatoms. The van der Waals surface area contributed by atoms with Crippen molar-refractivity contribution in [2.45, 2.75) is 13.1 Å². The number of hydrogen-bond acceptors (Lipinski definition) is 5. The molecule has 1 heterocycles. The van der Waals surface area contributed by atoms with Gasteiger partial charge in [0.05, 0.1) is 25.6 Å². The molecule has 0 saturated carbocycles. The smallest absolute Gasteiger partial charge is 0.104 e. The van der Waals surface area contributed by atoms with E-state index in [1.54, 1.807) is 0 Å². The average molecular weight is 215 g/mol. The number of aliphatic hydroxyl groups is 1. The number of ether oxygens (including phenoxy) is 1. The maximum absolute atomic E-state index is 9.28. The van der Waals surface area contributed by atoms with Crippen molar-refractivity contribution in [2.75, 3.05) is 39.5 Å². The van der Waals surface area contributed by atoms with E-state index in [1.165, 1.54) is 0 Å². The van der Waals surface area contributed by atoms with Gasteiger partial charge in [-0.3, -0.25) is 4.90 Å². The van der Waals surface area contributed by atoms with Crippen LogP contribution < -0.4 is 10.6 Å². The highest BCUT2D eigenvalue weighted by molar-refractivity contribution is 4.90. The van der Waals surface area contributed by atoms with Crippen molar-refractivity contribution >= 4 is 0 Å². The zero-order chi connectivity index (χ0) is 11.1. The highest BCUT2D eigenvalue weighted by Gasteiger charge is 2.19. The molecule has 1 saturated heterocycles. The van der Waals surface area contributed by atoms with Crippen molar-refractivity contribution in [3.63, 3.8) is 0 Å². The van der Waals surface area contributed by atoms with E-state index in [2.05, 4.69) is 22.1 Å². The monoisotopic (exact) mass is 215 g/mol. The molecule has 1 aliphatic rings. The Morgan fingerprint density at radius 3 is 2.73 bits per heavy atom. The molecule has 0 aromatic heterocycles. The Labute approximate surface area is 91.1 Å². The molecule has 1 fully saturated rings. The predicted octanol–water partition coefficient (Wildman–Crippen LogP) is -0.693. The molecule has 3 N–H and O–H groups in total. The summed E-state index contributed by atoms with van der Waals surface area (Å²) in [6, 6.07) is 0. The molecular weight excluding hydrogens is 194 g/mol. The minimum absolute atomic E-state index is 0.0690. The summed E-state index contributed by atoms with van der Waals surface area (Å²) in [5.74, 6) is 0.753. The first-order chi connectivity index (χ1) is 7.27. The van der Waals surface area contributed by atoms with Gasteiger partial charge in [-0.1, -0.05) is 6.58 Å². The topological polar surface area (TPSA) is 56.8 Å². The van der Waals surface area contributed by atoms with E-state index >= 15 is 0 Å². The van der Waals surface area contributed by atoms with Gasteiger partial charge in [0.15, 0.2) is 0 Å². The molecule has 1 rings (SSSR count). The second-order valence-electron chi connectivity index (χ2n) is 3.50. The highest BCUT2D eigenvalue weighted by atomic mass is 16.5. The first-order valence-electron chi connectivity index (χ1n) is 5.40. The minimum atomic E-state index is -0.0690. The number of aliphatic hydroxyl groups excluding tert-OH is 1. The van der Waals surface area contributed by atoms with Crippen LogP contribution in [0.4, 0.5) is 0 Å². The van der Waals surface area contributed by atoms with Crippen molar-refractivity contribution in [2.24, 2.45) is 0 Å². The number of hydrogen-bond donors (Lipinski definition) is 3. The average Bonchev–Trinajstić information content (AvgIpc) is 2.27. The van der Waals surface area contributed by atoms with E-state index < -0.39 is 0 Å². The Morgan fingerprint density at radius 2 is 2.20 bits per heavy atom. The lowest BCUT2D eigenvalue weighted by Crippen LogP contribution is -2.53. The first kappa shape index (κ1) is 12.3. The van der Waals surface area contributed by atoms with E-state index in [0.29, 0.717) is 0 Å². The Morgan fingerprint density at radius 1 is 1.53 bits per heavy atom. The molecule has 0 aromatic carbocycles. The summed E-state index contributed by atoms with van der Waals surface area (Å²) in [6.07, 6.45) is -0.0690. The summed E-state index contributed by atoms with van der Waals surface area (Å²) in [5.41, 5.74) is 0. The molecule has 5 nitrogen and oxygen atoms in total. The lowest BCUT2D eigenvalue weighted by Gasteiger charge is -2.34. The number of nitrogens with zero attached hydrogens (tertiary/aromatic N) is 1. The third-order valence-corrected chi connectivity index (χ3v) is 2.39. The highest BCUT2D eigenvalue weighted by Crippen LogP contribution is 2.02. The van der Waals surface area contributed by atoms with Gasteiger partial charge in [0, 0.05) is 19.6 Å². The summed E-state index contributed by atoms with van der Waals surface area (Å²) in [7, 11) is 0. The van der Waals surface area contributed by atoms with Crippen LogP contribution >= 0.6 is 0 Å². The summed E-state index contributed by atoms with van der Waals surface area (Å²) in [6.45, 7) is 9.89. The number of rotatable bonds is 6. The van der Waals surface area contributed by atoms with Crippen LogP contribution in [0.1, 0.15) is 6.92 Å². The van der Waals surface area contributed by atoms with Gasteiger partial charge in [0.25, 0.3) is 0 Å². The van der Waals surface area contributed by atoms with Crippen LogP contribution in [0.25, 0.3) is 0 Å². The molecule has 0 radical (unpaired) electrons. The minimum Gasteiger partial charge on any atom is -0.393 e. The number of nitrogens with one attached hydrogen (secondary N) is 2.